The van der Waals surface area contributed by atoms with Crippen molar-refractivity contribution in [3.05, 3.63) is 78.1 Å². The minimum absolute atomic E-state index is 0.154. The molecule has 4 rings (SSSR count). The smallest absolute Gasteiger partial charge is 0.143 e. The van der Waals surface area contributed by atoms with Crippen LogP contribution in [0.25, 0.3) is 22.3 Å². The third-order valence-electron chi connectivity index (χ3n) is 4.82. The van der Waals surface area contributed by atoms with Gasteiger partial charge in [0, 0.05) is 18.3 Å². The molecule has 0 aliphatic heterocycles. The molecule has 0 aliphatic rings. The minimum atomic E-state index is 0.154. The van der Waals surface area contributed by atoms with Crippen LogP contribution < -0.4 is 5.32 Å². The van der Waals surface area contributed by atoms with Gasteiger partial charge in [-0.2, -0.15) is 0 Å². The fourth-order valence-electron chi connectivity index (χ4n) is 3.44. The Balaban J connectivity index is 1.66. The topological polar surface area (TPSA) is 56.8 Å². The summed E-state index contributed by atoms with van der Waals surface area (Å²) in [4.78, 5) is 14.5. The summed E-state index contributed by atoms with van der Waals surface area (Å²) in [6.45, 7) is 3.05. The number of nitrogens with zero attached hydrogens (tertiary/aromatic N) is 3. The number of aromatic nitrogens is 3. The van der Waals surface area contributed by atoms with Gasteiger partial charge in [0.2, 0.25) is 0 Å². The van der Waals surface area contributed by atoms with E-state index in [0.29, 0.717) is 0 Å². The first-order valence-electron chi connectivity index (χ1n) is 9.49. The van der Waals surface area contributed by atoms with Gasteiger partial charge in [0.15, 0.2) is 0 Å². The zero-order chi connectivity index (χ0) is 19.5. The van der Waals surface area contributed by atoms with E-state index in [1.807, 2.05) is 6.07 Å². The van der Waals surface area contributed by atoms with Crippen LogP contribution in [0.1, 0.15) is 24.1 Å². The molecule has 0 fully saturated rings. The molecule has 28 heavy (non-hydrogen) atoms. The quantitative estimate of drug-likeness (QED) is 0.508. The normalized spacial score (nSPS) is 12.4. The van der Waals surface area contributed by atoms with Crippen molar-refractivity contribution in [3.8, 4) is 11.3 Å². The molecule has 0 radical (unpaired) electrons. The maximum absolute atomic E-state index is 4.49. The molecule has 2 heterocycles. The molecule has 2 N–H and O–H groups in total. The summed E-state index contributed by atoms with van der Waals surface area (Å²) in [7, 11) is 4.16. The highest BCUT2D eigenvalue weighted by molar-refractivity contribution is 5.91. The summed E-state index contributed by atoms with van der Waals surface area (Å²) >= 11 is 0. The molecular weight excluding hydrogens is 346 g/mol. The summed E-state index contributed by atoms with van der Waals surface area (Å²) < 4.78 is 0. The molecule has 0 saturated carbocycles. The number of hydrogen-bond donors (Lipinski definition) is 2. The molecule has 0 spiro atoms. The van der Waals surface area contributed by atoms with E-state index in [0.717, 1.165) is 34.7 Å². The lowest BCUT2D eigenvalue weighted by atomic mass is 10.1. The molecule has 1 unspecified atom stereocenters. The maximum Gasteiger partial charge on any atom is 0.143 e. The maximum atomic E-state index is 4.49. The third kappa shape index (κ3) is 3.89. The predicted octanol–water partition coefficient (Wildman–Crippen LogP) is 4.86. The largest absolute Gasteiger partial charge is 0.363 e. The van der Waals surface area contributed by atoms with Gasteiger partial charge in [-0.1, -0.05) is 48.5 Å². The SMILES string of the molecule is CC(Nc1ncnc2[nH]c(-c3cccc(CN(C)C)c3)cc12)c1ccccc1. The van der Waals surface area contributed by atoms with Crippen LogP contribution in [0, 0.1) is 0 Å². The van der Waals surface area contributed by atoms with E-state index in [9.17, 15) is 0 Å². The lowest BCUT2D eigenvalue weighted by molar-refractivity contribution is 0.402. The van der Waals surface area contributed by atoms with Gasteiger partial charge in [-0.3, -0.25) is 0 Å². The van der Waals surface area contributed by atoms with E-state index in [4.69, 9.17) is 0 Å². The van der Waals surface area contributed by atoms with Crippen molar-refractivity contribution in [1.29, 1.82) is 0 Å². The van der Waals surface area contributed by atoms with Gasteiger partial charge >= 0.3 is 0 Å². The van der Waals surface area contributed by atoms with Crippen LogP contribution in [-0.4, -0.2) is 33.9 Å². The van der Waals surface area contributed by atoms with Crippen molar-refractivity contribution in [1.82, 2.24) is 19.9 Å². The van der Waals surface area contributed by atoms with Crippen LogP contribution in [0.3, 0.4) is 0 Å². The molecule has 0 amide bonds. The highest BCUT2D eigenvalue weighted by atomic mass is 15.1. The molecule has 2 aromatic heterocycles. The molecule has 5 heteroatoms. The molecule has 5 nitrogen and oxygen atoms in total. The van der Waals surface area contributed by atoms with E-state index in [-0.39, 0.29) is 6.04 Å². The Bertz CT molecular complexity index is 1070. The molecule has 2 aromatic carbocycles. The van der Waals surface area contributed by atoms with Gasteiger partial charge in [0.05, 0.1) is 5.39 Å². The number of hydrogen-bond acceptors (Lipinski definition) is 4. The van der Waals surface area contributed by atoms with Gasteiger partial charge in [-0.15, -0.1) is 0 Å². The Morgan fingerprint density at radius 3 is 2.61 bits per heavy atom. The lowest BCUT2D eigenvalue weighted by Crippen LogP contribution is -2.10. The van der Waals surface area contributed by atoms with Crippen molar-refractivity contribution >= 4 is 16.9 Å². The van der Waals surface area contributed by atoms with Crippen molar-refractivity contribution < 1.29 is 0 Å². The second-order valence-corrected chi connectivity index (χ2v) is 7.38. The first-order valence-corrected chi connectivity index (χ1v) is 9.49. The van der Waals surface area contributed by atoms with Crippen LogP contribution in [0.5, 0.6) is 0 Å². The van der Waals surface area contributed by atoms with E-state index in [1.54, 1.807) is 6.33 Å². The molecule has 0 saturated heterocycles. The zero-order valence-electron chi connectivity index (χ0n) is 16.5. The van der Waals surface area contributed by atoms with Crippen LogP contribution in [-0.2, 0) is 6.54 Å². The highest BCUT2D eigenvalue weighted by Gasteiger charge is 2.12. The minimum Gasteiger partial charge on any atom is -0.363 e. The van der Waals surface area contributed by atoms with E-state index in [1.165, 1.54) is 11.1 Å². The van der Waals surface area contributed by atoms with Gasteiger partial charge in [0.1, 0.15) is 17.8 Å². The molecule has 0 aliphatic carbocycles. The Morgan fingerprint density at radius 2 is 1.82 bits per heavy atom. The Labute approximate surface area is 165 Å². The van der Waals surface area contributed by atoms with E-state index in [2.05, 4.69) is 101 Å². The van der Waals surface area contributed by atoms with Crippen LogP contribution in [0.15, 0.2) is 67.0 Å². The first kappa shape index (κ1) is 18.2. The van der Waals surface area contributed by atoms with Gasteiger partial charge in [0.25, 0.3) is 0 Å². The Kier molecular flexibility index (Phi) is 5.08. The number of rotatable bonds is 6. The van der Waals surface area contributed by atoms with Gasteiger partial charge < -0.3 is 15.2 Å². The van der Waals surface area contributed by atoms with Crippen molar-refractivity contribution in [2.75, 3.05) is 19.4 Å². The summed E-state index contributed by atoms with van der Waals surface area (Å²) in [5, 5.41) is 4.52. The second-order valence-electron chi connectivity index (χ2n) is 7.38. The van der Waals surface area contributed by atoms with Gasteiger partial charge in [-0.25, -0.2) is 9.97 Å². The molecule has 1 atom stereocenters. The average molecular weight is 371 g/mol. The fraction of sp³-hybridized carbons (Fsp3) is 0.217. The summed E-state index contributed by atoms with van der Waals surface area (Å²) in [6.07, 6.45) is 1.60. The zero-order valence-corrected chi connectivity index (χ0v) is 16.5. The summed E-state index contributed by atoms with van der Waals surface area (Å²) in [5.74, 6) is 0.841. The summed E-state index contributed by atoms with van der Waals surface area (Å²) in [5.41, 5.74) is 5.54. The predicted molar refractivity (Wildman–Crippen MR) is 115 cm³/mol. The van der Waals surface area contributed by atoms with Crippen LogP contribution >= 0.6 is 0 Å². The third-order valence-corrected chi connectivity index (χ3v) is 4.82. The van der Waals surface area contributed by atoms with E-state index >= 15 is 0 Å². The molecule has 142 valence electrons. The molecule has 0 bridgehead atoms. The van der Waals surface area contributed by atoms with Crippen molar-refractivity contribution in [2.24, 2.45) is 0 Å². The standard InChI is InChI=1S/C23H25N5/c1-16(18-9-5-4-6-10-18)26-22-20-13-21(27-23(20)25-15-24-22)19-11-7-8-17(12-19)14-28(2)3/h4-13,15-16H,14H2,1-3H3,(H2,24,25,26,27). The van der Waals surface area contributed by atoms with Gasteiger partial charge in [-0.05, 0) is 49.8 Å². The molecular formula is C23H25N5. The Morgan fingerprint density at radius 1 is 1.00 bits per heavy atom. The number of H-pyrrole nitrogens is 1. The van der Waals surface area contributed by atoms with Crippen molar-refractivity contribution in [3.63, 3.8) is 0 Å². The van der Waals surface area contributed by atoms with Crippen LogP contribution in [0.2, 0.25) is 0 Å². The summed E-state index contributed by atoms with van der Waals surface area (Å²) in [6, 6.07) is 21.3. The number of benzene rings is 2. The number of anilines is 1. The van der Waals surface area contributed by atoms with Crippen LogP contribution in [0.4, 0.5) is 5.82 Å². The second kappa shape index (κ2) is 7.82. The van der Waals surface area contributed by atoms with Crippen molar-refractivity contribution in [2.45, 2.75) is 19.5 Å². The number of aromatic amines is 1. The Hall–Kier alpha value is -3.18. The number of fused-ring (bicyclic) bond motifs is 1. The lowest BCUT2D eigenvalue weighted by Gasteiger charge is -2.15. The van der Waals surface area contributed by atoms with E-state index < -0.39 is 0 Å². The average Bonchev–Trinajstić information content (AvgIpc) is 3.14. The fourth-order valence-corrected chi connectivity index (χ4v) is 3.44. The highest BCUT2D eigenvalue weighted by Crippen LogP contribution is 2.29. The first-order chi connectivity index (χ1) is 13.6. The monoisotopic (exact) mass is 371 g/mol. The number of nitrogens with one attached hydrogen (secondary N) is 2. The molecule has 4 aromatic rings.